The molecule has 6 heteroatoms. The van der Waals surface area contributed by atoms with Gasteiger partial charge in [-0.2, -0.15) is 0 Å². The zero-order valence-corrected chi connectivity index (χ0v) is 11.1. The van der Waals surface area contributed by atoms with Gasteiger partial charge in [0.25, 0.3) is 5.56 Å². The Labute approximate surface area is 109 Å². The fraction of sp³-hybridized carbons (Fsp3) is 0.417. The molecule has 2 rings (SSSR count). The molecule has 0 aliphatic carbocycles. The molecule has 0 saturated carbocycles. The fourth-order valence-corrected chi connectivity index (χ4v) is 2.75. The van der Waals surface area contributed by atoms with Crippen LogP contribution in [0.3, 0.4) is 0 Å². The molecule has 0 spiro atoms. The van der Waals surface area contributed by atoms with E-state index in [1.807, 2.05) is 13.0 Å². The molecule has 1 N–H and O–H groups in total. The molecule has 96 valence electrons. The summed E-state index contributed by atoms with van der Waals surface area (Å²) >= 11 is 1.46. The molecule has 0 atom stereocenters. The number of hydrogen-bond acceptors (Lipinski definition) is 5. The Bertz CT molecular complexity index is 563. The van der Waals surface area contributed by atoms with Gasteiger partial charge in [-0.15, -0.1) is 11.8 Å². The average molecular weight is 266 g/mol. The summed E-state index contributed by atoms with van der Waals surface area (Å²) in [6.07, 6.45) is 2.80. The van der Waals surface area contributed by atoms with E-state index in [1.54, 1.807) is 6.92 Å². The lowest BCUT2D eigenvalue weighted by Crippen LogP contribution is -2.23. The molecule has 2 heterocycles. The number of esters is 1. The number of aromatic nitrogens is 2. The van der Waals surface area contributed by atoms with Crippen LogP contribution in [0.1, 0.15) is 36.5 Å². The summed E-state index contributed by atoms with van der Waals surface area (Å²) in [5.74, 6) is 0.158. The molecule has 0 radical (unpaired) electrons. The van der Waals surface area contributed by atoms with Crippen LogP contribution in [0.4, 0.5) is 0 Å². The summed E-state index contributed by atoms with van der Waals surface area (Å²) in [5, 5.41) is 0.612. The first kappa shape index (κ1) is 12.9. The van der Waals surface area contributed by atoms with Crippen LogP contribution in [0.2, 0.25) is 0 Å². The van der Waals surface area contributed by atoms with Gasteiger partial charge in [0.05, 0.1) is 12.2 Å². The highest BCUT2D eigenvalue weighted by Crippen LogP contribution is 2.30. The third-order valence-electron chi connectivity index (χ3n) is 2.61. The summed E-state index contributed by atoms with van der Waals surface area (Å²) in [6, 6.07) is 0. The normalized spacial score (nSPS) is 13.8. The highest BCUT2D eigenvalue weighted by molar-refractivity contribution is 7.99. The predicted molar refractivity (Wildman–Crippen MR) is 69.8 cm³/mol. The number of H-pyrrole nitrogens is 1. The van der Waals surface area contributed by atoms with Crippen molar-refractivity contribution in [1.29, 1.82) is 0 Å². The van der Waals surface area contributed by atoms with Crippen molar-refractivity contribution in [1.82, 2.24) is 9.97 Å². The van der Waals surface area contributed by atoms with Gasteiger partial charge < -0.3 is 9.72 Å². The number of rotatable bonds is 3. The second-order valence-electron chi connectivity index (χ2n) is 3.71. The maximum atomic E-state index is 12.0. The molecule has 0 fully saturated rings. The predicted octanol–water partition coefficient (Wildman–Crippen LogP) is 1.85. The van der Waals surface area contributed by atoms with Crippen LogP contribution in [-0.2, 0) is 4.74 Å². The van der Waals surface area contributed by atoms with Gasteiger partial charge in [-0.05, 0) is 18.9 Å². The number of carbonyl (C=O) groups excluding carboxylic acids is 1. The topological polar surface area (TPSA) is 72.0 Å². The molecule has 1 aromatic rings. The second kappa shape index (κ2) is 5.39. The van der Waals surface area contributed by atoms with E-state index in [0.29, 0.717) is 10.6 Å². The summed E-state index contributed by atoms with van der Waals surface area (Å²) in [4.78, 5) is 30.2. The number of fused-ring (bicyclic) bond motifs is 1. The molecule has 1 aromatic heterocycles. The minimum absolute atomic E-state index is 0.0227. The molecule has 18 heavy (non-hydrogen) atoms. The van der Waals surface area contributed by atoms with Crippen molar-refractivity contribution in [3.05, 3.63) is 27.8 Å². The summed E-state index contributed by atoms with van der Waals surface area (Å²) in [7, 11) is 0. The van der Waals surface area contributed by atoms with Gasteiger partial charge in [0.15, 0.2) is 0 Å². The first-order chi connectivity index (χ1) is 8.67. The summed E-state index contributed by atoms with van der Waals surface area (Å²) < 4.78 is 4.83. The third kappa shape index (κ3) is 2.33. The SMILES string of the molecule is CCOC(=O)c1nc2c(c(=O)[nH]1)C(CC)=CCS2. The first-order valence-electron chi connectivity index (χ1n) is 5.81. The zero-order chi connectivity index (χ0) is 13.1. The molecule has 0 amide bonds. The Kier molecular flexibility index (Phi) is 3.86. The van der Waals surface area contributed by atoms with E-state index in [-0.39, 0.29) is 18.0 Å². The largest absolute Gasteiger partial charge is 0.460 e. The van der Waals surface area contributed by atoms with E-state index in [4.69, 9.17) is 4.74 Å². The van der Waals surface area contributed by atoms with E-state index in [0.717, 1.165) is 17.7 Å². The number of nitrogens with one attached hydrogen (secondary N) is 1. The number of thioether (sulfide) groups is 1. The molecule has 1 aliphatic rings. The Morgan fingerprint density at radius 3 is 3.00 bits per heavy atom. The van der Waals surface area contributed by atoms with Gasteiger partial charge in [-0.25, -0.2) is 9.78 Å². The van der Waals surface area contributed by atoms with Gasteiger partial charge >= 0.3 is 5.97 Å². The van der Waals surface area contributed by atoms with Crippen molar-refractivity contribution < 1.29 is 9.53 Å². The molecule has 0 saturated heterocycles. The fourth-order valence-electron chi connectivity index (χ4n) is 1.78. The molecular formula is C12H14N2O3S. The maximum absolute atomic E-state index is 12.0. The molecule has 5 nitrogen and oxygen atoms in total. The van der Waals surface area contributed by atoms with E-state index in [1.165, 1.54) is 11.8 Å². The van der Waals surface area contributed by atoms with Crippen molar-refractivity contribution in [2.75, 3.05) is 12.4 Å². The number of allylic oxidation sites excluding steroid dienone is 1. The van der Waals surface area contributed by atoms with Crippen LogP contribution in [0.5, 0.6) is 0 Å². The Balaban J connectivity index is 2.48. The van der Waals surface area contributed by atoms with E-state index in [9.17, 15) is 9.59 Å². The molecular weight excluding hydrogens is 252 g/mol. The Morgan fingerprint density at radius 1 is 1.56 bits per heavy atom. The number of carbonyl (C=O) groups is 1. The van der Waals surface area contributed by atoms with Crippen molar-refractivity contribution in [3.8, 4) is 0 Å². The quantitative estimate of drug-likeness (QED) is 0.667. The van der Waals surface area contributed by atoms with E-state index < -0.39 is 5.97 Å². The van der Waals surface area contributed by atoms with Crippen LogP contribution < -0.4 is 5.56 Å². The molecule has 0 unspecified atom stereocenters. The first-order valence-corrected chi connectivity index (χ1v) is 6.79. The average Bonchev–Trinajstić information content (AvgIpc) is 2.38. The Hall–Kier alpha value is -1.56. The van der Waals surface area contributed by atoms with E-state index >= 15 is 0 Å². The third-order valence-corrected chi connectivity index (χ3v) is 3.51. The van der Waals surface area contributed by atoms with E-state index in [2.05, 4.69) is 9.97 Å². The van der Waals surface area contributed by atoms with Crippen molar-refractivity contribution >= 4 is 23.3 Å². The van der Waals surface area contributed by atoms with Crippen LogP contribution in [0.25, 0.3) is 5.57 Å². The minimum Gasteiger partial charge on any atom is -0.460 e. The van der Waals surface area contributed by atoms with Crippen LogP contribution in [-0.4, -0.2) is 28.3 Å². The standard InChI is InChI=1S/C12H14N2O3S/c1-3-7-5-6-18-11-8(7)10(15)13-9(14-11)12(16)17-4-2/h5H,3-4,6H2,1-2H3,(H,13,14,15). The number of hydrogen-bond donors (Lipinski definition) is 1. The Morgan fingerprint density at radius 2 is 2.33 bits per heavy atom. The van der Waals surface area contributed by atoms with Crippen molar-refractivity contribution in [3.63, 3.8) is 0 Å². The second-order valence-corrected chi connectivity index (χ2v) is 4.72. The number of nitrogens with zero attached hydrogens (tertiary/aromatic N) is 1. The lowest BCUT2D eigenvalue weighted by molar-refractivity contribution is 0.0510. The molecule has 1 aliphatic heterocycles. The smallest absolute Gasteiger partial charge is 0.374 e. The summed E-state index contributed by atoms with van der Waals surface area (Å²) in [6.45, 7) is 3.96. The van der Waals surface area contributed by atoms with Crippen molar-refractivity contribution in [2.24, 2.45) is 0 Å². The van der Waals surface area contributed by atoms with Gasteiger partial charge in [-0.1, -0.05) is 13.0 Å². The van der Waals surface area contributed by atoms with Gasteiger partial charge in [0.2, 0.25) is 5.82 Å². The monoisotopic (exact) mass is 266 g/mol. The lowest BCUT2D eigenvalue weighted by Gasteiger charge is -2.14. The lowest BCUT2D eigenvalue weighted by atomic mass is 10.1. The van der Waals surface area contributed by atoms with Crippen LogP contribution in [0, 0.1) is 0 Å². The highest BCUT2D eigenvalue weighted by atomic mass is 32.2. The van der Waals surface area contributed by atoms with Crippen molar-refractivity contribution in [2.45, 2.75) is 25.3 Å². The zero-order valence-electron chi connectivity index (χ0n) is 10.3. The molecule has 0 bridgehead atoms. The van der Waals surface area contributed by atoms with Gasteiger partial charge in [0.1, 0.15) is 5.03 Å². The van der Waals surface area contributed by atoms with Crippen LogP contribution in [0.15, 0.2) is 15.9 Å². The summed E-state index contributed by atoms with van der Waals surface area (Å²) in [5.41, 5.74) is 1.29. The number of ether oxygens (including phenoxy) is 1. The number of aromatic amines is 1. The maximum Gasteiger partial charge on any atom is 0.374 e. The van der Waals surface area contributed by atoms with Crippen LogP contribution >= 0.6 is 11.8 Å². The highest BCUT2D eigenvalue weighted by Gasteiger charge is 2.21. The van der Waals surface area contributed by atoms with Gasteiger partial charge in [-0.3, -0.25) is 4.79 Å². The minimum atomic E-state index is -0.592. The molecule has 0 aromatic carbocycles. The van der Waals surface area contributed by atoms with Gasteiger partial charge in [0, 0.05) is 5.75 Å².